The lowest BCUT2D eigenvalue weighted by molar-refractivity contribution is -0.163. The van der Waals surface area contributed by atoms with Crippen molar-refractivity contribution in [3.05, 3.63) is 72.9 Å². The Morgan fingerprint density at radius 1 is 0.338 bits per heavy atom. The predicted octanol–water partition coefficient (Wildman–Crippen LogP) is 20.2. The van der Waals surface area contributed by atoms with Gasteiger partial charge in [0.15, 0.2) is 6.10 Å². The summed E-state index contributed by atoms with van der Waals surface area (Å²) in [6.45, 7) is 7.66. The minimum Gasteiger partial charge on any atom is -0.462 e. The number of ether oxygens (including phenoxy) is 3. The fourth-order valence-corrected chi connectivity index (χ4v) is 8.32. The summed E-state index contributed by atoms with van der Waals surface area (Å²) < 4.78 is 17.5. The topological polar surface area (TPSA) is 61.8 Å². The van der Waals surface area contributed by atoms with Gasteiger partial charge in [0.05, 0.1) is 6.61 Å². The lowest BCUT2D eigenvalue weighted by Gasteiger charge is -2.18. The van der Waals surface area contributed by atoms with E-state index in [0.29, 0.717) is 19.4 Å². The monoisotopic (exact) mass is 949 g/mol. The molecule has 5 nitrogen and oxygen atoms in total. The molecule has 0 bridgehead atoms. The molecule has 0 aromatic heterocycles. The molecule has 0 aliphatic rings. The lowest BCUT2D eigenvalue weighted by Crippen LogP contribution is -2.30. The highest BCUT2D eigenvalue weighted by Crippen LogP contribution is 2.15. The van der Waals surface area contributed by atoms with Crippen LogP contribution in [0.5, 0.6) is 0 Å². The van der Waals surface area contributed by atoms with E-state index < -0.39 is 6.10 Å². The molecule has 0 aliphatic carbocycles. The quantitative estimate of drug-likeness (QED) is 0.0345. The summed E-state index contributed by atoms with van der Waals surface area (Å²) in [5, 5.41) is 0. The number of rotatable bonds is 54. The first-order chi connectivity index (χ1) is 33.6. The summed E-state index contributed by atoms with van der Waals surface area (Å²) in [6, 6.07) is 0. The van der Waals surface area contributed by atoms with Crippen molar-refractivity contribution in [3.8, 4) is 0 Å². The molecular weight excluding hydrogens is 837 g/mol. The molecule has 5 heteroatoms. The molecule has 394 valence electrons. The normalized spacial score (nSPS) is 12.7. The van der Waals surface area contributed by atoms with Crippen LogP contribution in [0.1, 0.15) is 290 Å². The van der Waals surface area contributed by atoms with Gasteiger partial charge in [-0.05, 0) is 109 Å². The van der Waals surface area contributed by atoms with Gasteiger partial charge in [0.25, 0.3) is 0 Å². The molecule has 1 atom stereocenters. The summed E-state index contributed by atoms with van der Waals surface area (Å²) >= 11 is 0. The van der Waals surface area contributed by atoms with E-state index in [1.165, 1.54) is 173 Å². The van der Waals surface area contributed by atoms with Crippen molar-refractivity contribution in [3.63, 3.8) is 0 Å². The van der Waals surface area contributed by atoms with E-state index >= 15 is 0 Å². The zero-order chi connectivity index (χ0) is 49.2. The summed E-state index contributed by atoms with van der Waals surface area (Å²) in [5.41, 5.74) is 0. The van der Waals surface area contributed by atoms with Crippen LogP contribution in [0, 0.1) is 0 Å². The van der Waals surface area contributed by atoms with Crippen molar-refractivity contribution in [2.75, 3.05) is 19.8 Å². The molecule has 0 fully saturated rings. The molecule has 0 aromatic carbocycles. The largest absolute Gasteiger partial charge is 0.462 e. The van der Waals surface area contributed by atoms with Crippen LogP contribution >= 0.6 is 0 Å². The van der Waals surface area contributed by atoms with E-state index in [1.807, 2.05) is 0 Å². The van der Waals surface area contributed by atoms with Gasteiger partial charge in [-0.1, -0.05) is 241 Å². The van der Waals surface area contributed by atoms with Crippen molar-refractivity contribution in [1.29, 1.82) is 0 Å². The molecular formula is C63H112O5. The van der Waals surface area contributed by atoms with Gasteiger partial charge < -0.3 is 14.2 Å². The Morgan fingerprint density at radius 2 is 0.662 bits per heavy atom. The zero-order valence-electron chi connectivity index (χ0n) is 45.4. The third-order valence-corrected chi connectivity index (χ3v) is 12.7. The molecule has 0 saturated heterocycles. The van der Waals surface area contributed by atoms with Crippen molar-refractivity contribution in [1.82, 2.24) is 0 Å². The Labute approximate surface area is 423 Å². The third kappa shape index (κ3) is 55.9. The Balaban J connectivity index is 4.31. The molecule has 68 heavy (non-hydrogen) atoms. The van der Waals surface area contributed by atoms with Crippen LogP contribution in [0.2, 0.25) is 0 Å². The van der Waals surface area contributed by atoms with E-state index in [1.54, 1.807) is 0 Å². The molecule has 1 unspecified atom stereocenters. The van der Waals surface area contributed by atoms with Crippen LogP contribution in [0.3, 0.4) is 0 Å². The second kappa shape index (κ2) is 58.7. The summed E-state index contributed by atoms with van der Waals surface area (Å²) in [7, 11) is 0. The first-order valence-corrected chi connectivity index (χ1v) is 29.5. The Morgan fingerprint density at radius 3 is 1.07 bits per heavy atom. The first kappa shape index (κ1) is 65.3. The number of carbonyl (C=O) groups excluding carboxylic acids is 2. The van der Waals surface area contributed by atoms with E-state index in [4.69, 9.17) is 14.2 Å². The van der Waals surface area contributed by atoms with Crippen LogP contribution in [-0.2, 0) is 23.8 Å². The second-order valence-electron chi connectivity index (χ2n) is 19.5. The van der Waals surface area contributed by atoms with E-state index in [2.05, 4.69) is 93.7 Å². The molecule has 0 spiro atoms. The Bertz CT molecular complexity index is 1210. The standard InChI is InChI=1S/C63H112O5/c1-4-7-10-13-16-19-22-25-28-31-32-34-35-38-41-44-47-50-53-56-62(64)67-60-61(59-66-58-55-52-49-46-43-40-37-30-27-24-21-18-15-12-9-6-3)68-63(65)57-54-51-48-45-42-39-36-33-29-26-23-20-17-14-11-8-5-2/h9,12,18,21,25-30,40,43,61H,4-8,10-11,13-17,19-20,22-24,31-39,41-42,44-60H2,1-3H3/b12-9-,21-18-,28-25-,29-26-,30-27-,43-40-. The average Bonchev–Trinajstić information content (AvgIpc) is 3.34. The summed E-state index contributed by atoms with van der Waals surface area (Å²) in [6.07, 6.45) is 76.4. The molecule has 0 aromatic rings. The van der Waals surface area contributed by atoms with Crippen LogP contribution in [0.4, 0.5) is 0 Å². The highest BCUT2D eigenvalue weighted by molar-refractivity contribution is 5.70. The molecule has 0 heterocycles. The molecule has 0 aliphatic heterocycles. The smallest absolute Gasteiger partial charge is 0.306 e. The van der Waals surface area contributed by atoms with E-state index in [-0.39, 0.29) is 25.2 Å². The molecule has 0 N–H and O–H groups in total. The maximum absolute atomic E-state index is 12.9. The van der Waals surface area contributed by atoms with Gasteiger partial charge in [-0.25, -0.2) is 0 Å². The lowest BCUT2D eigenvalue weighted by atomic mass is 10.1. The predicted molar refractivity (Wildman–Crippen MR) is 297 cm³/mol. The number of allylic oxidation sites excluding steroid dienone is 12. The Hall–Kier alpha value is -2.66. The number of carbonyl (C=O) groups is 2. The Kier molecular flexibility index (Phi) is 56.4. The first-order valence-electron chi connectivity index (χ1n) is 29.5. The van der Waals surface area contributed by atoms with Crippen molar-refractivity contribution < 1.29 is 23.8 Å². The van der Waals surface area contributed by atoms with Gasteiger partial charge in [0, 0.05) is 19.4 Å². The van der Waals surface area contributed by atoms with Crippen LogP contribution in [-0.4, -0.2) is 37.9 Å². The summed E-state index contributed by atoms with van der Waals surface area (Å²) in [5.74, 6) is -0.414. The van der Waals surface area contributed by atoms with Crippen LogP contribution < -0.4 is 0 Å². The second-order valence-corrected chi connectivity index (χ2v) is 19.5. The maximum Gasteiger partial charge on any atom is 0.306 e. The van der Waals surface area contributed by atoms with Gasteiger partial charge in [-0.2, -0.15) is 0 Å². The van der Waals surface area contributed by atoms with Gasteiger partial charge >= 0.3 is 11.9 Å². The third-order valence-electron chi connectivity index (χ3n) is 12.7. The van der Waals surface area contributed by atoms with E-state index in [0.717, 1.165) is 83.5 Å². The van der Waals surface area contributed by atoms with Gasteiger partial charge in [-0.15, -0.1) is 0 Å². The average molecular weight is 950 g/mol. The minimum absolute atomic E-state index is 0.0690. The zero-order valence-corrected chi connectivity index (χ0v) is 45.4. The number of hydrogen-bond donors (Lipinski definition) is 0. The SMILES string of the molecule is CC/C=C\C/C=C\C/C=C\C/C=C\CCCCCOCC(COC(=O)CCCCCCCCCCC/C=C\CCCCCCCC)OC(=O)CCCCCCCCC/C=C\CCCCCCCC. The number of unbranched alkanes of at least 4 members (excludes halogenated alkanes) is 31. The fourth-order valence-electron chi connectivity index (χ4n) is 8.32. The van der Waals surface area contributed by atoms with Gasteiger partial charge in [0.2, 0.25) is 0 Å². The molecule has 0 amide bonds. The van der Waals surface area contributed by atoms with E-state index in [9.17, 15) is 9.59 Å². The van der Waals surface area contributed by atoms with Crippen LogP contribution in [0.25, 0.3) is 0 Å². The highest BCUT2D eigenvalue weighted by atomic mass is 16.6. The van der Waals surface area contributed by atoms with Gasteiger partial charge in [0.1, 0.15) is 6.61 Å². The number of hydrogen-bond acceptors (Lipinski definition) is 5. The molecule has 0 rings (SSSR count). The van der Waals surface area contributed by atoms with Crippen LogP contribution in [0.15, 0.2) is 72.9 Å². The fraction of sp³-hybridized carbons (Fsp3) is 0.778. The van der Waals surface area contributed by atoms with Crippen molar-refractivity contribution >= 4 is 11.9 Å². The number of esters is 2. The van der Waals surface area contributed by atoms with Crippen molar-refractivity contribution in [2.45, 2.75) is 297 Å². The highest BCUT2D eigenvalue weighted by Gasteiger charge is 2.17. The van der Waals surface area contributed by atoms with Gasteiger partial charge in [-0.3, -0.25) is 9.59 Å². The van der Waals surface area contributed by atoms with Crippen molar-refractivity contribution in [2.24, 2.45) is 0 Å². The maximum atomic E-state index is 12.9. The molecule has 0 saturated carbocycles. The molecule has 0 radical (unpaired) electrons. The summed E-state index contributed by atoms with van der Waals surface area (Å²) in [4.78, 5) is 25.5. The minimum atomic E-state index is -0.559.